The first kappa shape index (κ1) is 17.1. The number of hydrogen-bond donors (Lipinski definition) is 0. The molecule has 24 heavy (non-hydrogen) atoms. The molecule has 2 aliphatic rings. The molecule has 0 saturated carbocycles. The molecule has 2 fully saturated rings. The van der Waals surface area contributed by atoms with Crippen molar-refractivity contribution in [2.75, 3.05) is 0 Å². The Kier molecular flexibility index (Phi) is 4.75. The van der Waals surface area contributed by atoms with Crippen molar-refractivity contribution < 1.29 is 14.3 Å². The average Bonchev–Trinajstić information content (AvgIpc) is 2.77. The number of carbonyl (C=O) groups is 1. The van der Waals surface area contributed by atoms with E-state index in [0.29, 0.717) is 18.0 Å². The Bertz CT molecular complexity index is 552. The number of hydrogen-bond acceptors (Lipinski definition) is 3. The zero-order chi connectivity index (χ0) is 17.3. The number of rotatable bonds is 3. The number of nitrogens with zero attached hydrogens (tertiary/aromatic N) is 1. The standard InChI is InChI=1S/C20H29NO3/c1-14(23-18-8-6-5-7-9-18)15-12-16-10-11-17(13-15)21(16)19(22)24-20(2,3)4/h5-9,14-17H,10-13H2,1-4H3/t14?,15?,16-,17+. The lowest BCUT2D eigenvalue weighted by Crippen LogP contribution is -2.50. The van der Waals surface area contributed by atoms with Crippen LogP contribution in [0.3, 0.4) is 0 Å². The van der Waals surface area contributed by atoms with Gasteiger partial charge in [0, 0.05) is 12.1 Å². The van der Waals surface area contributed by atoms with Gasteiger partial charge in [-0.15, -0.1) is 0 Å². The number of ether oxygens (including phenoxy) is 2. The lowest BCUT2D eigenvalue weighted by atomic mass is 9.87. The van der Waals surface area contributed by atoms with Crippen molar-refractivity contribution in [2.24, 2.45) is 5.92 Å². The summed E-state index contributed by atoms with van der Waals surface area (Å²) in [6, 6.07) is 10.6. The normalized spacial score (nSPS) is 27.7. The molecule has 2 bridgehead atoms. The van der Waals surface area contributed by atoms with E-state index < -0.39 is 5.60 Å². The number of carbonyl (C=O) groups excluding carboxylic acids is 1. The summed E-state index contributed by atoms with van der Waals surface area (Å²) in [5.74, 6) is 1.41. The molecular formula is C20H29NO3. The maximum Gasteiger partial charge on any atom is 0.410 e. The molecule has 2 heterocycles. The van der Waals surface area contributed by atoms with E-state index in [1.807, 2.05) is 56.0 Å². The van der Waals surface area contributed by atoms with Crippen LogP contribution in [-0.4, -0.2) is 34.8 Å². The van der Waals surface area contributed by atoms with Crippen molar-refractivity contribution >= 4 is 6.09 Å². The van der Waals surface area contributed by atoms with Gasteiger partial charge < -0.3 is 14.4 Å². The molecular weight excluding hydrogens is 302 g/mol. The summed E-state index contributed by atoms with van der Waals surface area (Å²) in [6.45, 7) is 7.93. The van der Waals surface area contributed by atoms with E-state index in [2.05, 4.69) is 6.92 Å². The zero-order valence-corrected chi connectivity index (χ0v) is 15.2. The molecule has 0 aromatic heterocycles. The lowest BCUT2D eigenvalue weighted by molar-refractivity contribution is -0.00749. The Hall–Kier alpha value is -1.71. The Balaban J connectivity index is 1.61. The fourth-order valence-corrected chi connectivity index (χ4v) is 4.03. The van der Waals surface area contributed by atoms with Crippen molar-refractivity contribution in [1.82, 2.24) is 4.90 Å². The van der Waals surface area contributed by atoms with Gasteiger partial charge in [-0.05, 0) is 71.4 Å². The molecule has 2 unspecified atom stereocenters. The summed E-state index contributed by atoms with van der Waals surface area (Å²) in [4.78, 5) is 14.5. The second-order valence-corrected chi connectivity index (χ2v) is 8.14. The molecule has 132 valence electrons. The quantitative estimate of drug-likeness (QED) is 0.810. The Morgan fingerprint density at radius 3 is 2.25 bits per heavy atom. The van der Waals surface area contributed by atoms with Gasteiger partial charge in [0.2, 0.25) is 0 Å². The minimum absolute atomic E-state index is 0.148. The van der Waals surface area contributed by atoms with Gasteiger partial charge in [0.25, 0.3) is 0 Å². The fourth-order valence-electron chi connectivity index (χ4n) is 4.03. The van der Waals surface area contributed by atoms with Gasteiger partial charge >= 0.3 is 6.09 Å². The minimum atomic E-state index is -0.433. The molecule has 4 nitrogen and oxygen atoms in total. The summed E-state index contributed by atoms with van der Waals surface area (Å²) >= 11 is 0. The number of para-hydroxylation sites is 1. The first-order valence-electron chi connectivity index (χ1n) is 9.06. The molecule has 1 amide bonds. The molecule has 3 rings (SSSR count). The number of benzene rings is 1. The van der Waals surface area contributed by atoms with E-state index >= 15 is 0 Å². The largest absolute Gasteiger partial charge is 0.490 e. The average molecular weight is 331 g/mol. The molecule has 0 N–H and O–H groups in total. The van der Waals surface area contributed by atoms with Crippen LogP contribution in [0.4, 0.5) is 4.79 Å². The third-order valence-electron chi connectivity index (χ3n) is 5.10. The summed E-state index contributed by atoms with van der Waals surface area (Å²) < 4.78 is 11.7. The highest BCUT2D eigenvalue weighted by Gasteiger charge is 2.46. The molecule has 0 spiro atoms. The third-order valence-corrected chi connectivity index (χ3v) is 5.10. The number of fused-ring (bicyclic) bond motifs is 2. The van der Waals surface area contributed by atoms with Crippen LogP contribution in [0.25, 0.3) is 0 Å². The van der Waals surface area contributed by atoms with E-state index in [1.165, 1.54) is 0 Å². The van der Waals surface area contributed by atoms with Crippen LogP contribution in [0.2, 0.25) is 0 Å². The molecule has 0 aliphatic carbocycles. The van der Waals surface area contributed by atoms with Gasteiger partial charge in [-0.2, -0.15) is 0 Å². The highest BCUT2D eigenvalue weighted by atomic mass is 16.6. The zero-order valence-electron chi connectivity index (χ0n) is 15.2. The van der Waals surface area contributed by atoms with Crippen molar-refractivity contribution in [2.45, 2.75) is 77.2 Å². The van der Waals surface area contributed by atoms with Crippen molar-refractivity contribution in [3.8, 4) is 5.75 Å². The molecule has 2 aliphatic heterocycles. The fraction of sp³-hybridized carbons (Fsp3) is 0.650. The maximum absolute atomic E-state index is 12.5. The highest BCUT2D eigenvalue weighted by Crippen LogP contribution is 2.41. The van der Waals surface area contributed by atoms with Gasteiger partial charge in [-0.3, -0.25) is 0 Å². The predicted octanol–water partition coefficient (Wildman–Crippen LogP) is 4.63. The van der Waals surface area contributed by atoms with Crippen molar-refractivity contribution in [3.05, 3.63) is 30.3 Å². The molecule has 4 heteroatoms. The van der Waals surface area contributed by atoms with Gasteiger partial charge in [0.05, 0.1) is 6.10 Å². The first-order chi connectivity index (χ1) is 11.3. The molecule has 2 saturated heterocycles. The van der Waals surface area contributed by atoms with Gasteiger partial charge in [-0.1, -0.05) is 18.2 Å². The van der Waals surface area contributed by atoms with E-state index in [4.69, 9.17) is 9.47 Å². The monoisotopic (exact) mass is 331 g/mol. The predicted molar refractivity (Wildman–Crippen MR) is 94.1 cm³/mol. The molecule has 1 aromatic carbocycles. The Labute approximate surface area is 145 Å². The topological polar surface area (TPSA) is 38.8 Å². The van der Waals surface area contributed by atoms with Gasteiger partial charge in [0.1, 0.15) is 11.4 Å². The number of piperidine rings is 1. The van der Waals surface area contributed by atoms with Crippen LogP contribution >= 0.6 is 0 Å². The first-order valence-corrected chi connectivity index (χ1v) is 9.06. The van der Waals surface area contributed by atoms with Crippen molar-refractivity contribution in [1.29, 1.82) is 0 Å². The van der Waals surface area contributed by atoms with Crippen molar-refractivity contribution in [3.63, 3.8) is 0 Å². The second-order valence-electron chi connectivity index (χ2n) is 8.14. The van der Waals surface area contributed by atoms with Crippen LogP contribution in [0, 0.1) is 5.92 Å². The third kappa shape index (κ3) is 3.85. The van der Waals surface area contributed by atoms with E-state index in [9.17, 15) is 4.79 Å². The summed E-state index contributed by atoms with van der Waals surface area (Å²) in [7, 11) is 0. The van der Waals surface area contributed by atoms with Crippen LogP contribution in [0.5, 0.6) is 5.75 Å². The van der Waals surface area contributed by atoms with E-state index in [1.54, 1.807) is 0 Å². The second kappa shape index (κ2) is 6.66. The summed E-state index contributed by atoms with van der Waals surface area (Å²) in [5, 5.41) is 0. The van der Waals surface area contributed by atoms with Crippen LogP contribution in [-0.2, 0) is 4.74 Å². The van der Waals surface area contributed by atoms with Crippen LogP contribution < -0.4 is 4.74 Å². The highest BCUT2D eigenvalue weighted by molar-refractivity contribution is 5.69. The summed E-state index contributed by atoms with van der Waals surface area (Å²) in [6.07, 6.45) is 4.19. The molecule has 0 radical (unpaired) electrons. The Morgan fingerprint density at radius 1 is 1.12 bits per heavy atom. The SMILES string of the molecule is CC(Oc1ccccc1)C1C[C@H]2CC[C@@H](C1)N2C(=O)OC(C)(C)C. The van der Waals surface area contributed by atoms with E-state index in [0.717, 1.165) is 31.4 Å². The summed E-state index contributed by atoms with van der Waals surface area (Å²) in [5.41, 5.74) is -0.433. The molecule has 4 atom stereocenters. The minimum Gasteiger partial charge on any atom is -0.490 e. The van der Waals surface area contributed by atoms with E-state index in [-0.39, 0.29) is 12.2 Å². The lowest BCUT2D eigenvalue weighted by Gasteiger charge is -2.41. The number of amides is 1. The van der Waals surface area contributed by atoms with Gasteiger partial charge in [-0.25, -0.2) is 4.79 Å². The van der Waals surface area contributed by atoms with Crippen LogP contribution in [0.15, 0.2) is 30.3 Å². The smallest absolute Gasteiger partial charge is 0.410 e. The Morgan fingerprint density at radius 2 is 1.71 bits per heavy atom. The van der Waals surface area contributed by atoms with Gasteiger partial charge in [0.15, 0.2) is 0 Å². The van der Waals surface area contributed by atoms with Crippen LogP contribution in [0.1, 0.15) is 53.4 Å². The maximum atomic E-state index is 12.5. The molecule has 1 aromatic rings.